The normalized spacial score (nSPS) is 27.8. The van der Waals surface area contributed by atoms with E-state index in [2.05, 4.69) is 73.8 Å². The van der Waals surface area contributed by atoms with Crippen molar-refractivity contribution in [3.63, 3.8) is 0 Å². The standard InChI is InChI=1S/C20H22OS6/c22-9-13-11-24-19(26-13)15-5-1-3-7-17(15)21-18-8-4-2-6-16(18)20-25-12-14(10-23)27-20/h1-8,13-14,19-20,22-23H,9-12H2. The topological polar surface area (TPSA) is 9.23 Å². The van der Waals surface area contributed by atoms with Crippen LogP contribution in [0.3, 0.4) is 0 Å². The molecule has 144 valence electrons. The summed E-state index contributed by atoms with van der Waals surface area (Å²) in [6.45, 7) is 0. The van der Waals surface area contributed by atoms with Crippen LogP contribution in [0.4, 0.5) is 0 Å². The first-order chi connectivity index (χ1) is 13.3. The second-order valence-corrected chi connectivity index (χ2v) is 12.8. The van der Waals surface area contributed by atoms with E-state index >= 15 is 0 Å². The number of thiol groups is 2. The van der Waals surface area contributed by atoms with Crippen LogP contribution in [0.15, 0.2) is 48.5 Å². The van der Waals surface area contributed by atoms with Crippen molar-refractivity contribution < 1.29 is 4.74 Å². The Morgan fingerprint density at radius 2 is 1.19 bits per heavy atom. The molecule has 0 bridgehead atoms. The van der Waals surface area contributed by atoms with Crippen LogP contribution in [0.25, 0.3) is 0 Å². The van der Waals surface area contributed by atoms with Gasteiger partial charge in [-0.3, -0.25) is 0 Å². The average molecular weight is 471 g/mol. The van der Waals surface area contributed by atoms with E-state index in [1.165, 1.54) is 11.1 Å². The average Bonchev–Trinajstić information content (AvgIpc) is 3.38. The smallest absolute Gasteiger partial charge is 0.132 e. The van der Waals surface area contributed by atoms with Gasteiger partial charge in [0.1, 0.15) is 11.5 Å². The SMILES string of the molecule is SCC1CSC(c2ccccc2Oc2ccccc2C2SCC(CS)S2)S1. The van der Waals surface area contributed by atoms with Gasteiger partial charge in [0, 0.05) is 44.6 Å². The fourth-order valence-corrected chi connectivity index (χ4v) is 10.7. The van der Waals surface area contributed by atoms with E-state index in [9.17, 15) is 0 Å². The number of hydrogen-bond donors (Lipinski definition) is 2. The lowest BCUT2D eigenvalue weighted by atomic mass is 10.2. The zero-order valence-electron chi connectivity index (χ0n) is 14.7. The Bertz CT molecular complexity index is 706. The molecule has 0 radical (unpaired) electrons. The largest absolute Gasteiger partial charge is 0.457 e. The Kier molecular flexibility index (Phi) is 7.55. The van der Waals surface area contributed by atoms with E-state index in [-0.39, 0.29) is 0 Å². The Hall–Kier alpha value is 0.340. The lowest BCUT2D eigenvalue weighted by Crippen LogP contribution is -2.01. The summed E-state index contributed by atoms with van der Waals surface area (Å²) < 4.78 is 7.36. The summed E-state index contributed by atoms with van der Waals surface area (Å²) in [6, 6.07) is 17.0. The van der Waals surface area contributed by atoms with Crippen LogP contribution in [-0.4, -0.2) is 33.5 Å². The number of benzene rings is 2. The van der Waals surface area contributed by atoms with Crippen molar-refractivity contribution in [2.75, 3.05) is 23.0 Å². The van der Waals surface area contributed by atoms with Gasteiger partial charge in [0.2, 0.25) is 0 Å². The molecule has 2 aliphatic heterocycles. The highest BCUT2D eigenvalue weighted by molar-refractivity contribution is 8.20. The number of thioether (sulfide) groups is 4. The van der Waals surface area contributed by atoms with Crippen LogP contribution in [0.5, 0.6) is 11.5 Å². The fourth-order valence-electron chi connectivity index (χ4n) is 3.07. The predicted molar refractivity (Wildman–Crippen MR) is 134 cm³/mol. The highest BCUT2D eigenvalue weighted by Crippen LogP contribution is 2.54. The van der Waals surface area contributed by atoms with Gasteiger partial charge in [-0.25, -0.2) is 0 Å². The van der Waals surface area contributed by atoms with Crippen LogP contribution in [-0.2, 0) is 0 Å². The zero-order valence-corrected chi connectivity index (χ0v) is 19.7. The van der Waals surface area contributed by atoms with Crippen molar-refractivity contribution in [2.45, 2.75) is 19.7 Å². The number of ether oxygens (including phenoxy) is 1. The first-order valence-electron chi connectivity index (χ1n) is 8.90. The molecule has 4 rings (SSSR count). The maximum absolute atomic E-state index is 6.51. The van der Waals surface area contributed by atoms with Gasteiger partial charge in [-0.1, -0.05) is 36.4 Å². The molecule has 2 aromatic carbocycles. The number of hydrogen-bond acceptors (Lipinski definition) is 7. The molecule has 7 heteroatoms. The van der Waals surface area contributed by atoms with Crippen LogP contribution in [0.2, 0.25) is 0 Å². The summed E-state index contributed by atoms with van der Waals surface area (Å²) in [7, 11) is 0. The number of rotatable bonds is 6. The van der Waals surface area contributed by atoms with E-state index in [1.54, 1.807) is 0 Å². The van der Waals surface area contributed by atoms with E-state index < -0.39 is 0 Å². The van der Waals surface area contributed by atoms with E-state index in [0.717, 1.165) is 34.5 Å². The molecule has 0 aromatic heterocycles. The van der Waals surface area contributed by atoms with Gasteiger partial charge < -0.3 is 4.74 Å². The summed E-state index contributed by atoms with van der Waals surface area (Å²) in [5, 5.41) is 1.24. The molecule has 2 saturated heterocycles. The quantitative estimate of drug-likeness (QED) is 0.437. The minimum atomic E-state index is 0.425. The van der Waals surface area contributed by atoms with Gasteiger partial charge in [-0.15, -0.1) is 47.0 Å². The molecule has 0 saturated carbocycles. The second-order valence-electron chi connectivity index (χ2n) is 6.39. The van der Waals surface area contributed by atoms with Crippen LogP contribution in [0.1, 0.15) is 20.3 Å². The van der Waals surface area contributed by atoms with Gasteiger partial charge >= 0.3 is 0 Å². The van der Waals surface area contributed by atoms with E-state index in [0.29, 0.717) is 19.7 Å². The first kappa shape index (κ1) is 20.6. The third-order valence-electron chi connectivity index (χ3n) is 4.47. The first-order valence-corrected chi connectivity index (χ1v) is 14.1. The maximum atomic E-state index is 6.51. The molecule has 0 N–H and O–H groups in total. The van der Waals surface area contributed by atoms with Crippen LogP contribution in [0, 0.1) is 0 Å². The summed E-state index contributed by atoms with van der Waals surface area (Å²) in [6.07, 6.45) is 0. The third kappa shape index (κ3) is 4.92. The highest BCUT2D eigenvalue weighted by Gasteiger charge is 2.30. The minimum Gasteiger partial charge on any atom is -0.457 e. The number of para-hydroxylation sites is 2. The third-order valence-corrected chi connectivity index (χ3v) is 12.5. The van der Waals surface area contributed by atoms with Gasteiger partial charge in [-0.2, -0.15) is 25.3 Å². The summed E-state index contributed by atoms with van der Waals surface area (Å²) in [5.74, 6) is 6.14. The van der Waals surface area contributed by atoms with Gasteiger partial charge in [0.15, 0.2) is 0 Å². The van der Waals surface area contributed by atoms with Gasteiger partial charge in [0.05, 0.1) is 9.16 Å². The molecule has 4 unspecified atom stereocenters. The Labute approximate surface area is 189 Å². The molecule has 0 amide bonds. The molecule has 2 heterocycles. The molecule has 4 atom stereocenters. The Morgan fingerprint density at radius 1 is 0.741 bits per heavy atom. The molecular weight excluding hydrogens is 449 g/mol. The van der Waals surface area contributed by atoms with E-state index in [1.807, 2.05) is 47.0 Å². The zero-order chi connectivity index (χ0) is 18.6. The molecular formula is C20H22OS6. The monoisotopic (exact) mass is 470 g/mol. The van der Waals surface area contributed by atoms with Crippen molar-refractivity contribution in [1.82, 2.24) is 0 Å². The van der Waals surface area contributed by atoms with Crippen molar-refractivity contribution in [2.24, 2.45) is 0 Å². The summed E-state index contributed by atoms with van der Waals surface area (Å²) in [5.41, 5.74) is 2.57. The van der Waals surface area contributed by atoms with Gasteiger partial charge in [0.25, 0.3) is 0 Å². The van der Waals surface area contributed by atoms with Crippen LogP contribution < -0.4 is 4.74 Å². The molecule has 0 spiro atoms. The fraction of sp³-hybridized carbons (Fsp3) is 0.400. The van der Waals surface area contributed by atoms with Crippen molar-refractivity contribution in [3.05, 3.63) is 59.7 Å². The minimum absolute atomic E-state index is 0.425. The van der Waals surface area contributed by atoms with E-state index in [4.69, 9.17) is 4.74 Å². The maximum Gasteiger partial charge on any atom is 0.132 e. The highest BCUT2D eigenvalue weighted by atomic mass is 32.2. The molecule has 2 aliphatic rings. The summed E-state index contributed by atoms with van der Waals surface area (Å²) >= 11 is 17.0. The Balaban J connectivity index is 1.57. The van der Waals surface area contributed by atoms with Crippen molar-refractivity contribution in [1.29, 1.82) is 0 Å². The lowest BCUT2D eigenvalue weighted by Gasteiger charge is -2.19. The predicted octanol–water partition coefficient (Wildman–Crippen LogP) is 7.03. The molecule has 0 aliphatic carbocycles. The molecule has 2 fully saturated rings. The van der Waals surface area contributed by atoms with Crippen molar-refractivity contribution >= 4 is 72.3 Å². The molecule has 27 heavy (non-hydrogen) atoms. The van der Waals surface area contributed by atoms with Crippen LogP contribution >= 0.6 is 72.3 Å². The Morgan fingerprint density at radius 3 is 1.59 bits per heavy atom. The van der Waals surface area contributed by atoms with Gasteiger partial charge in [-0.05, 0) is 12.1 Å². The van der Waals surface area contributed by atoms with Crippen molar-refractivity contribution in [3.8, 4) is 11.5 Å². The molecule has 1 nitrogen and oxygen atoms in total. The lowest BCUT2D eigenvalue weighted by molar-refractivity contribution is 0.474. The second kappa shape index (κ2) is 9.90. The summed E-state index contributed by atoms with van der Waals surface area (Å²) in [4.78, 5) is 0. The molecule has 2 aromatic rings.